The molecule has 0 fully saturated rings. The number of rotatable bonds is 3. The minimum Gasteiger partial charge on any atom is -0.346 e. The van der Waals surface area contributed by atoms with Gasteiger partial charge >= 0.3 is 0 Å². The van der Waals surface area contributed by atoms with Crippen LogP contribution in [0.3, 0.4) is 0 Å². The normalized spacial score (nSPS) is 10.7. The first-order chi connectivity index (χ1) is 6.79. The molecule has 4 nitrogen and oxygen atoms in total. The SMILES string of the molecule is Cn1ccnc1Cn1ccc(CN)c1. The predicted molar refractivity (Wildman–Crippen MR) is 54.6 cm³/mol. The first kappa shape index (κ1) is 9.02. The molecule has 0 aliphatic carbocycles. The highest BCUT2D eigenvalue weighted by Gasteiger charge is 2.00. The van der Waals surface area contributed by atoms with E-state index in [1.54, 1.807) is 0 Å². The molecule has 0 aliphatic heterocycles. The number of hydrogen-bond acceptors (Lipinski definition) is 2. The van der Waals surface area contributed by atoms with Gasteiger partial charge in [-0.25, -0.2) is 4.98 Å². The van der Waals surface area contributed by atoms with Crippen molar-refractivity contribution in [2.45, 2.75) is 13.1 Å². The van der Waals surface area contributed by atoms with Gasteiger partial charge in [0.05, 0.1) is 6.54 Å². The Morgan fingerprint density at radius 2 is 2.29 bits per heavy atom. The monoisotopic (exact) mass is 190 g/mol. The second-order valence-electron chi connectivity index (χ2n) is 3.35. The highest BCUT2D eigenvalue weighted by atomic mass is 15.1. The van der Waals surface area contributed by atoms with Crippen LogP contribution in [-0.2, 0) is 20.1 Å². The van der Waals surface area contributed by atoms with E-state index in [-0.39, 0.29) is 0 Å². The van der Waals surface area contributed by atoms with Crippen molar-refractivity contribution < 1.29 is 0 Å². The third-order valence-electron chi connectivity index (χ3n) is 2.29. The summed E-state index contributed by atoms with van der Waals surface area (Å²) in [6, 6.07) is 2.03. The van der Waals surface area contributed by atoms with E-state index >= 15 is 0 Å². The lowest BCUT2D eigenvalue weighted by atomic mass is 10.3. The number of nitrogens with zero attached hydrogens (tertiary/aromatic N) is 3. The Labute approximate surface area is 83.0 Å². The molecule has 0 amide bonds. The van der Waals surface area contributed by atoms with Crippen LogP contribution >= 0.6 is 0 Å². The van der Waals surface area contributed by atoms with Crippen molar-refractivity contribution in [1.29, 1.82) is 0 Å². The van der Waals surface area contributed by atoms with Gasteiger partial charge in [0.1, 0.15) is 5.82 Å². The van der Waals surface area contributed by atoms with Gasteiger partial charge in [-0.3, -0.25) is 0 Å². The zero-order valence-electron chi connectivity index (χ0n) is 8.22. The van der Waals surface area contributed by atoms with Crippen molar-refractivity contribution in [3.63, 3.8) is 0 Å². The van der Waals surface area contributed by atoms with Crippen LogP contribution in [0.1, 0.15) is 11.4 Å². The van der Waals surface area contributed by atoms with E-state index in [1.807, 2.05) is 36.3 Å². The Bertz CT molecular complexity index is 413. The summed E-state index contributed by atoms with van der Waals surface area (Å²) in [6.07, 6.45) is 7.83. The second-order valence-corrected chi connectivity index (χ2v) is 3.35. The van der Waals surface area contributed by atoms with Crippen LogP contribution in [0.2, 0.25) is 0 Å². The summed E-state index contributed by atoms with van der Waals surface area (Å²) in [6.45, 7) is 1.39. The molecule has 0 aromatic carbocycles. The fraction of sp³-hybridized carbons (Fsp3) is 0.300. The standard InChI is InChI=1S/C10H14N4/c1-13-5-3-12-10(13)8-14-4-2-9(6-11)7-14/h2-5,7H,6,8,11H2,1H3. The van der Waals surface area contributed by atoms with E-state index in [2.05, 4.69) is 15.7 Å². The average Bonchev–Trinajstić information content (AvgIpc) is 2.77. The van der Waals surface area contributed by atoms with Gasteiger partial charge in [0.2, 0.25) is 0 Å². The van der Waals surface area contributed by atoms with Gasteiger partial charge in [-0.15, -0.1) is 0 Å². The molecular formula is C10H14N4. The predicted octanol–water partition coefficient (Wildman–Crippen LogP) is 0.729. The quantitative estimate of drug-likeness (QED) is 0.775. The Balaban J connectivity index is 2.15. The summed E-state index contributed by atoms with van der Waals surface area (Å²) in [5, 5.41) is 0. The minimum absolute atomic E-state index is 0.591. The van der Waals surface area contributed by atoms with Gasteiger partial charge < -0.3 is 14.9 Å². The average molecular weight is 190 g/mol. The lowest BCUT2D eigenvalue weighted by Crippen LogP contribution is -2.04. The van der Waals surface area contributed by atoms with Crippen molar-refractivity contribution in [2.24, 2.45) is 12.8 Å². The zero-order valence-corrected chi connectivity index (χ0v) is 8.22. The van der Waals surface area contributed by atoms with E-state index in [0.29, 0.717) is 6.54 Å². The largest absolute Gasteiger partial charge is 0.346 e. The maximum Gasteiger partial charge on any atom is 0.128 e. The summed E-state index contributed by atoms with van der Waals surface area (Å²) >= 11 is 0. The molecule has 0 aliphatic rings. The second kappa shape index (κ2) is 3.67. The maximum atomic E-state index is 5.53. The molecule has 2 rings (SSSR count). The smallest absolute Gasteiger partial charge is 0.128 e. The van der Waals surface area contributed by atoms with Crippen molar-refractivity contribution in [2.75, 3.05) is 0 Å². The van der Waals surface area contributed by atoms with E-state index in [1.165, 1.54) is 0 Å². The summed E-state index contributed by atoms with van der Waals surface area (Å²) < 4.78 is 4.10. The van der Waals surface area contributed by atoms with Crippen molar-refractivity contribution >= 4 is 0 Å². The van der Waals surface area contributed by atoms with E-state index in [0.717, 1.165) is 17.9 Å². The fourth-order valence-corrected chi connectivity index (χ4v) is 1.42. The van der Waals surface area contributed by atoms with Crippen LogP contribution in [0.15, 0.2) is 30.9 Å². The van der Waals surface area contributed by atoms with Gasteiger partial charge in [-0.1, -0.05) is 0 Å². The van der Waals surface area contributed by atoms with Gasteiger partial charge in [-0.2, -0.15) is 0 Å². The Morgan fingerprint density at radius 1 is 1.43 bits per heavy atom. The molecule has 0 atom stereocenters. The Kier molecular flexibility index (Phi) is 2.37. The van der Waals surface area contributed by atoms with Crippen LogP contribution < -0.4 is 5.73 Å². The van der Waals surface area contributed by atoms with Gasteiger partial charge in [0.15, 0.2) is 0 Å². The minimum atomic E-state index is 0.591. The highest BCUT2D eigenvalue weighted by Crippen LogP contribution is 2.03. The topological polar surface area (TPSA) is 48.8 Å². The van der Waals surface area contributed by atoms with Crippen molar-refractivity contribution in [1.82, 2.24) is 14.1 Å². The molecule has 2 N–H and O–H groups in total. The highest BCUT2D eigenvalue weighted by molar-refractivity contribution is 5.10. The summed E-state index contributed by atoms with van der Waals surface area (Å²) in [4.78, 5) is 4.26. The molecule has 0 spiro atoms. The van der Waals surface area contributed by atoms with Crippen LogP contribution in [0.25, 0.3) is 0 Å². The molecule has 2 heterocycles. The molecule has 74 valence electrons. The fourth-order valence-electron chi connectivity index (χ4n) is 1.42. The maximum absolute atomic E-state index is 5.53. The Hall–Kier alpha value is -1.55. The number of aromatic nitrogens is 3. The number of aryl methyl sites for hydroxylation is 1. The van der Waals surface area contributed by atoms with E-state index in [9.17, 15) is 0 Å². The molecule has 14 heavy (non-hydrogen) atoms. The molecular weight excluding hydrogens is 176 g/mol. The van der Waals surface area contributed by atoms with Gasteiger partial charge in [0.25, 0.3) is 0 Å². The molecule has 0 radical (unpaired) electrons. The molecule has 0 bridgehead atoms. The first-order valence-electron chi connectivity index (χ1n) is 4.60. The molecule has 0 saturated carbocycles. The van der Waals surface area contributed by atoms with Gasteiger partial charge in [-0.05, 0) is 11.6 Å². The molecule has 0 unspecified atom stereocenters. The third-order valence-corrected chi connectivity index (χ3v) is 2.29. The molecule has 2 aromatic heterocycles. The number of hydrogen-bond donors (Lipinski definition) is 1. The van der Waals surface area contributed by atoms with E-state index < -0.39 is 0 Å². The summed E-state index contributed by atoms with van der Waals surface area (Å²) in [5.41, 5.74) is 6.68. The summed E-state index contributed by atoms with van der Waals surface area (Å²) in [7, 11) is 2.00. The number of nitrogens with two attached hydrogens (primary N) is 1. The van der Waals surface area contributed by atoms with Gasteiger partial charge in [0, 0.05) is 38.4 Å². The van der Waals surface area contributed by atoms with Crippen LogP contribution in [0.5, 0.6) is 0 Å². The number of imidazole rings is 1. The lowest BCUT2D eigenvalue weighted by Gasteiger charge is -2.02. The van der Waals surface area contributed by atoms with Crippen LogP contribution in [-0.4, -0.2) is 14.1 Å². The van der Waals surface area contributed by atoms with Crippen molar-refractivity contribution in [3.8, 4) is 0 Å². The first-order valence-corrected chi connectivity index (χ1v) is 4.60. The molecule has 4 heteroatoms. The third kappa shape index (κ3) is 1.70. The van der Waals surface area contributed by atoms with Crippen molar-refractivity contribution in [3.05, 3.63) is 42.2 Å². The molecule has 2 aromatic rings. The lowest BCUT2D eigenvalue weighted by molar-refractivity contribution is 0.701. The van der Waals surface area contributed by atoms with Crippen LogP contribution in [0.4, 0.5) is 0 Å². The summed E-state index contributed by atoms with van der Waals surface area (Å²) in [5.74, 6) is 1.05. The van der Waals surface area contributed by atoms with E-state index in [4.69, 9.17) is 5.73 Å². The zero-order chi connectivity index (χ0) is 9.97. The van der Waals surface area contributed by atoms with Crippen LogP contribution in [0, 0.1) is 0 Å². The Morgan fingerprint density at radius 3 is 2.86 bits per heavy atom. The molecule has 0 saturated heterocycles.